The molecule has 1 atom stereocenters. The van der Waals surface area contributed by atoms with Gasteiger partial charge in [-0.2, -0.15) is 0 Å². The predicted molar refractivity (Wildman–Crippen MR) is 120 cm³/mol. The van der Waals surface area contributed by atoms with E-state index in [0.717, 1.165) is 14.8 Å². The number of ether oxygens (including phenoxy) is 2. The number of nitrogens with one attached hydrogen (secondary N) is 1. The normalized spacial score (nSPS) is 11.5. The molecule has 3 aromatic carbocycles. The van der Waals surface area contributed by atoms with Gasteiger partial charge in [-0.3, -0.25) is 4.79 Å². The minimum absolute atomic E-state index is 0.0818. The summed E-state index contributed by atoms with van der Waals surface area (Å²) >= 11 is 2.27. The lowest BCUT2D eigenvalue weighted by molar-refractivity contribution is 0.0976. The molecular formula is C23H22INO3. The van der Waals surface area contributed by atoms with Crippen molar-refractivity contribution in [3.05, 3.63) is 87.5 Å². The molecule has 1 N–H and O–H groups in total. The number of halogens is 1. The number of hydrogen-bond donors (Lipinski definition) is 1. The van der Waals surface area contributed by atoms with E-state index < -0.39 is 0 Å². The Hall–Kier alpha value is -2.54. The van der Waals surface area contributed by atoms with E-state index in [1.54, 1.807) is 14.2 Å². The van der Waals surface area contributed by atoms with Gasteiger partial charge in [0.2, 0.25) is 0 Å². The lowest BCUT2D eigenvalue weighted by Gasteiger charge is -2.21. The molecule has 0 amide bonds. The second kappa shape index (κ2) is 9.59. The molecule has 0 saturated heterocycles. The first kappa shape index (κ1) is 20.2. The Balaban J connectivity index is 1.91. The summed E-state index contributed by atoms with van der Waals surface area (Å²) in [5, 5.41) is 3.49. The molecule has 5 heteroatoms. The van der Waals surface area contributed by atoms with E-state index in [2.05, 4.69) is 27.9 Å². The third-order valence-electron chi connectivity index (χ3n) is 4.48. The fraction of sp³-hybridized carbons (Fsp3) is 0.174. The molecule has 4 nitrogen and oxygen atoms in total. The second-order valence-electron chi connectivity index (χ2n) is 6.31. The minimum atomic E-state index is -0.201. The van der Waals surface area contributed by atoms with Gasteiger partial charge in [-0.1, -0.05) is 36.4 Å². The lowest BCUT2D eigenvalue weighted by Crippen LogP contribution is -2.16. The highest BCUT2D eigenvalue weighted by atomic mass is 127. The van der Waals surface area contributed by atoms with Gasteiger partial charge in [0, 0.05) is 21.2 Å². The summed E-state index contributed by atoms with van der Waals surface area (Å²) in [5.41, 5.74) is 2.62. The number of anilines is 1. The van der Waals surface area contributed by atoms with Gasteiger partial charge in [-0.05, 0) is 64.6 Å². The van der Waals surface area contributed by atoms with E-state index in [4.69, 9.17) is 9.47 Å². The van der Waals surface area contributed by atoms with Crippen LogP contribution in [-0.4, -0.2) is 20.0 Å². The van der Waals surface area contributed by atoms with Crippen molar-refractivity contribution in [3.63, 3.8) is 0 Å². The largest absolute Gasteiger partial charge is 0.493 e. The number of carbonyl (C=O) groups is 1. The van der Waals surface area contributed by atoms with Crippen molar-refractivity contribution in [2.45, 2.75) is 12.5 Å². The number of hydrogen-bond acceptors (Lipinski definition) is 4. The number of rotatable bonds is 8. The molecule has 28 heavy (non-hydrogen) atoms. The molecule has 0 aliphatic carbocycles. The topological polar surface area (TPSA) is 47.6 Å². The Morgan fingerprint density at radius 3 is 2.25 bits per heavy atom. The maximum atomic E-state index is 12.9. The zero-order chi connectivity index (χ0) is 19.9. The lowest BCUT2D eigenvalue weighted by atomic mass is 9.97. The fourth-order valence-electron chi connectivity index (χ4n) is 3.00. The van der Waals surface area contributed by atoms with Crippen LogP contribution in [0.2, 0.25) is 0 Å². The smallest absolute Gasteiger partial charge is 0.165 e. The van der Waals surface area contributed by atoms with Crippen LogP contribution in [-0.2, 0) is 0 Å². The summed E-state index contributed by atoms with van der Waals surface area (Å²) in [6, 6.07) is 23.0. The zero-order valence-corrected chi connectivity index (χ0v) is 18.0. The summed E-state index contributed by atoms with van der Waals surface area (Å²) in [6.07, 6.45) is 0.325. The summed E-state index contributed by atoms with van der Waals surface area (Å²) in [6.45, 7) is 0. The van der Waals surface area contributed by atoms with E-state index in [-0.39, 0.29) is 11.8 Å². The number of Topliss-reactive ketones (excluding diaryl/α,β-unsaturated/α-hetero) is 1. The molecule has 0 aliphatic rings. The minimum Gasteiger partial charge on any atom is -0.493 e. The van der Waals surface area contributed by atoms with Crippen LogP contribution < -0.4 is 14.8 Å². The van der Waals surface area contributed by atoms with Crippen LogP contribution >= 0.6 is 22.6 Å². The van der Waals surface area contributed by atoms with Crippen LogP contribution in [0.15, 0.2) is 72.8 Å². The highest BCUT2D eigenvalue weighted by Crippen LogP contribution is 2.33. The van der Waals surface area contributed by atoms with Crippen LogP contribution in [0.5, 0.6) is 11.5 Å². The van der Waals surface area contributed by atoms with Crippen molar-refractivity contribution in [2.75, 3.05) is 19.5 Å². The summed E-state index contributed by atoms with van der Waals surface area (Å²) in [4.78, 5) is 12.9. The van der Waals surface area contributed by atoms with Crippen molar-refractivity contribution in [1.82, 2.24) is 0 Å². The average Bonchev–Trinajstić information content (AvgIpc) is 2.74. The van der Waals surface area contributed by atoms with Gasteiger partial charge in [0.25, 0.3) is 0 Å². The van der Waals surface area contributed by atoms with Crippen molar-refractivity contribution in [1.29, 1.82) is 0 Å². The van der Waals surface area contributed by atoms with Gasteiger partial charge in [0.05, 0.1) is 20.3 Å². The Labute approximate surface area is 179 Å². The summed E-state index contributed by atoms with van der Waals surface area (Å²) in [5.74, 6) is 1.38. The SMILES string of the molecule is COc1ccc(C(CC(=O)c2ccccc2)Nc2ccc(I)cc2)cc1OC. The third-order valence-corrected chi connectivity index (χ3v) is 5.20. The highest BCUT2D eigenvalue weighted by Gasteiger charge is 2.19. The van der Waals surface area contributed by atoms with Gasteiger partial charge >= 0.3 is 0 Å². The maximum Gasteiger partial charge on any atom is 0.165 e. The van der Waals surface area contributed by atoms with Gasteiger partial charge in [0.15, 0.2) is 17.3 Å². The number of methoxy groups -OCH3 is 2. The van der Waals surface area contributed by atoms with E-state index in [0.29, 0.717) is 23.5 Å². The second-order valence-corrected chi connectivity index (χ2v) is 7.56. The molecule has 0 radical (unpaired) electrons. The molecule has 1 unspecified atom stereocenters. The Bertz CT molecular complexity index is 926. The first-order chi connectivity index (χ1) is 13.6. The molecule has 3 rings (SSSR count). The van der Waals surface area contributed by atoms with Crippen LogP contribution in [0, 0.1) is 3.57 Å². The molecule has 144 valence electrons. The van der Waals surface area contributed by atoms with Crippen molar-refractivity contribution in [3.8, 4) is 11.5 Å². The predicted octanol–water partition coefficient (Wildman–Crippen LogP) is 5.73. The Morgan fingerprint density at radius 2 is 1.61 bits per heavy atom. The van der Waals surface area contributed by atoms with Crippen LogP contribution in [0.1, 0.15) is 28.4 Å². The molecular weight excluding hydrogens is 465 g/mol. The molecule has 0 aromatic heterocycles. The quantitative estimate of drug-likeness (QED) is 0.326. The van der Waals surface area contributed by atoms with Crippen molar-refractivity contribution < 1.29 is 14.3 Å². The maximum absolute atomic E-state index is 12.9. The van der Waals surface area contributed by atoms with Crippen molar-refractivity contribution >= 4 is 34.1 Å². The molecule has 0 bridgehead atoms. The first-order valence-corrected chi connectivity index (χ1v) is 10.0. The monoisotopic (exact) mass is 487 g/mol. The van der Waals surface area contributed by atoms with E-state index in [9.17, 15) is 4.79 Å². The van der Waals surface area contributed by atoms with Gasteiger partial charge in [0.1, 0.15) is 0 Å². The van der Waals surface area contributed by atoms with Crippen LogP contribution in [0.3, 0.4) is 0 Å². The van der Waals surface area contributed by atoms with Crippen LogP contribution in [0.25, 0.3) is 0 Å². The molecule has 0 spiro atoms. The molecule has 0 fully saturated rings. The number of carbonyl (C=O) groups excluding carboxylic acids is 1. The zero-order valence-electron chi connectivity index (χ0n) is 15.8. The molecule has 0 saturated carbocycles. The van der Waals surface area contributed by atoms with Gasteiger partial charge < -0.3 is 14.8 Å². The van der Waals surface area contributed by atoms with Crippen LogP contribution in [0.4, 0.5) is 5.69 Å². The fourth-order valence-corrected chi connectivity index (χ4v) is 3.36. The average molecular weight is 487 g/mol. The molecule has 0 aliphatic heterocycles. The van der Waals surface area contributed by atoms with Crippen molar-refractivity contribution in [2.24, 2.45) is 0 Å². The molecule has 3 aromatic rings. The Morgan fingerprint density at radius 1 is 0.929 bits per heavy atom. The van der Waals surface area contributed by atoms with Gasteiger partial charge in [-0.15, -0.1) is 0 Å². The summed E-state index contributed by atoms with van der Waals surface area (Å²) < 4.78 is 11.9. The Kier molecular flexibility index (Phi) is 6.92. The molecule has 0 heterocycles. The van der Waals surface area contributed by atoms with Gasteiger partial charge in [-0.25, -0.2) is 0 Å². The number of ketones is 1. The van der Waals surface area contributed by atoms with E-state index in [1.807, 2.05) is 72.8 Å². The number of benzene rings is 3. The standard InChI is InChI=1S/C23H22INO3/c1-27-22-13-8-17(14-23(22)28-2)20(25-19-11-9-18(24)10-12-19)15-21(26)16-6-4-3-5-7-16/h3-14,20,25H,15H2,1-2H3. The highest BCUT2D eigenvalue weighted by molar-refractivity contribution is 14.1. The first-order valence-electron chi connectivity index (χ1n) is 8.93. The third kappa shape index (κ3) is 5.04. The van der Waals surface area contributed by atoms with E-state index >= 15 is 0 Å². The summed E-state index contributed by atoms with van der Waals surface area (Å²) in [7, 11) is 3.22. The van der Waals surface area contributed by atoms with E-state index in [1.165, 1.54) is 0 Å².